The number of nitrogens with one attached hydrogen (secondary N) is 1. The minimum atomic E-state index is -2.14. The number of ketones is 2. The second-order valence-electron chi connectivity index (χ2n) is 12.2. The van der Waals surface area contributed by atoms with E-state index in [2.05, 4.69) is 15.3 Å². The van der Waals surface area contributed by atoms with Crippen LogP contribution in [0.25, 0.3) is 0 Å². The molecule has 50 heavy (non-hydrogen) atoms. The van der Waals surface area contributed by atoms with Crippen LogP contribution in [0.15, 0.2) is 41.5 Å². The zero-order valence-corrected chi connectivity index (χ0v) is 27.7. The number of phenolic OH excluding ortho intramolecular Hbond substituents is 1. The summed E-state index contributed by atoms with van der Waals surface area (Å²) >= 11 is 0. The Kier molecular flexibility index (Phi) is 10.6. The van der Waals surface area contributed by atoms with Gasteiger partial charge in [0.2, 0.25) is 12.1 Å². The Balaban J connectivity index is 1.52. The van der Waals surface area contributed by atoms with Crippen LogP contribution in [0.1, 0.15) is 67.4 Å². The van der Waals surface area contributed by atoms with E-state index in [4.69, 9.17) is 25.7 Å². The van der Waals surface area contributed by atoms with Gasteiger partial charge in [-0.3, -0.25) is 14.6 Å². The molecule has 268 valence electrons. The van der Waals surface area contributed by atoms with Gasteiger partial charge in [-0.05, 0) is 61.6 Å². The van der Waals surface area contributed by atoms with E-state index in [1.54, 1.807) is 19.1 Å². The van der Waals surface area contributed by atoms with Crippen molar-refractivity contribution in [3.63, 3.8) is 0 Å². The van der Waals surface area contributed by atoms with E-state index >= 15 is 0 Å². The molecular weight excluding hydrogens is 654 g/mol. The molecule has 0 amide bonds. The van der Waals surface area contributed by atoms with Crippen molar-refractivity contribution in [3.05, 3.63) is 75.5 Å². The first-order chi connectivity index (χ1) is 23.8. The van der Waals surface area contributed by atoms with Gasteiger partial charge in [-0.2, -0.15) is 0 Å². The Hall–Kier alpha value is -4.84. The maximum absolute atomic E-state index is 14.3. The largest absolute Gasteiger partial charge is 0.507 e. The molecule has 1 aliphatic carbocycles. The third-order valence-electron chi connectivity index (χ3n) is 9.17. The van der Waals surface area contributed by atoms with Crippen molar-refractivity contribution in [3.8, 4) is 17.2 Å². The number of nitrogens with two attached hydrogens (primary N) is 2. The van der Waals surface area contributed by atoms with Gasteiger partial charge in [-0.15, -0.1) is 0 Å². The molecule has 1 fully saturated rings. The average molecular weight is 696 g/mol. The summed E-state index contributed by atoms with van der Waals surface area (Å²) < 4.78 is 17.1. The maximum atomic E-state index is 14.3. The predicted octanol–water partition coefficient (Wildman–Crippen LogP) is -0.399. The van der Waals surface area contributed by atoms with Gasteiger partial charge in [-0.1, -0.05) is 0 Å². The van der Waals surface area contributed by atoms with E-state index in [0.717, 1.165) is 0 Å². The van der Waals surface area contributed by atoms with E-state index in [1.807, 2.05) is 0 Å². The van der Waals surface area contributed by atoms with E-state index in [9.17, 15) is 40.2 Å². The summed E-state index contributed by atoms with van der Waals surface area (Å²) in [7, 11) is 2.77. The third kappa shape index (κ3) is 6.56. The number of aliphatic hydroxyl groups excluding tert-OH is 4. The van der Waals surface area contributed by atoms with Crippen LogP contribution in [-0.4, -0.2) is 111 Å². The number of fused-ring (bicyclic) bond motifs is 2. The highest BCUT2D eigenvalue weighted by atomic mass is 16.7. The van der Waals surface area contributed by atoms with Crippen LogP contribution in [0.3, 0.4) is 0 Å². The highest BCUT2D eigenvalue weighted by molar-refractivity contribution is 6.30. The van der Waals surface area contributed by atoms with Gasteiger partial charge in [0.25, 0.3) is 0 Å². The highest BCUT2D eigenvalue weighted by Gasteiger charge is 2.55. The molecule has 2 aromatic carbocycles. The number of anilines is 1. The molecule has 16 nitrogen and oxygen atoms in total. The van der Waals surface area contributed by atoms with Crippen molar-refractivity contribution in [2.45, 2.75) is 62.4 Å². The van der Waals surface area contributed by atoms with Gasteiger partial charge < -0.3 is 61.6 Å². The Morgan fingerprint density at radius 2 is 1.86 bits per heavy atom. The van der Waals surface area contributed by atoms with Crippen molar-refractivity contribution in [2.24, 2.45) is 10.7 Å². The van der Waals surface area contributed by atoms with Gasteiger partial charge >= 0.3 is 0 Å². The SMILES string of the molecule is CN=C(N)NC(CCO)c1c(C)cc2c(c1O)C(=O)c1c(OC3OC(CO)C(O)(CCc4ccnc(N)c4)C(O)C3O)cc(OC)cc1C2=O. The summed E-state index contributed by atoms with van der Waals surface area (Å²) in [6, 6.07) is 6.50. The summed E-state index contributed by atoms with van der Waals surface area (Å²) in [5.41, 5.74) is 9.94. The van der Waals surface area contributed by atoms with Crippen LogP contribution in [0.5, 0.6) is 17.2 Å². The first kappa shape index (κ1) is 36.4. The minimum absolute atomic E-state index is 0.0128. The third-order valence-corrected chi connectivity index (χ3v) is 9.17. The monoisotopic (exact) mass is 695 g/mol. The molecule has 3 aromatic rings. The number of aryl methyl sites for hydroxylation is 2. The fraction of sp³-hybridized carbons (Fsp3) is 0.412. The first-order valence-electron chi connectivity index (χ1n) is 15.8. The molecule has 0 bridgehead atoms. The first-order valence-corrected chi connectivity index (χ1v) is 15.8. The maximum Gasteiger partial charge on any atom is 0.229 e. The number of hydrogen-bond acceptors (Lipinski definition) is 14. The standard InChI is InChI=1S/C34H41N5O11/c1-15-10-18-26(28(43)24(15)20(6-9-40)39-33(36)37-2)29(44)25-19(27(18)42)12-17(48-3)13-21(25)49-32-30(45)31(46)34(47,22(14-41)50-32)7-4-16-5-8-38-23(35)11-16/h5,8,10-13,20,22,30-32,40-41,43,45-47H,4,6-7,9,14H2,1-3H3,(H2,35,38)(H3,36,37,39). The molecule has 11 N–H and O–H groups in total. The zero-order chi connectivity index (χ0) is 36.5. The van der Waals surface area contributed by atoms with Gasteiger partial charge in [0, 0.05) is 42.6 Å². The summed E-state index contributed by atoms with van der Waals surface area (Å²) in [6.45, 7) is 0.536. The molecule has 6 atom stereocenters. The number of ether oxygens (including phenoxy) is 3. The van der Waals surface area contributed by atoms with Gasteiger partial charge in [0.05, 0.1) is 30.9 Å². The molecular formula is C34H41N5O11. The number of aliphatic imine (C=N–C) groups is 1. The number of aromatic hydroxyl groups is 1. The second kappa shape index (κ2) is 14.6. The lowest BCUT2D eigenvalue weighted by atomic mass is 9.79. The summed E-state index contributed by atoms with van der Waals surface area (Å²) in [4.78, 5) is 36.0. The van der Waals surface area contributed by atoms with Crippen LogP contribution in [-0.2, 0) is 11.2 Å². The lowest BCUT2D eigenvalue weighted by Crippen LogP contribution is -2.68. The molecule has 5 rings (SSSR count). The Bertz CT molecular complexity index is 1810. The molecule has 2 aliphatic rings. The van der Waals surface area contributed by atoms with Crippen LogP contribution in [0.4, 0.5) is 5.82 Å². The fourth-order valence-corrected chi connectivity index (χ4v) is 6.53. The normalized spacial score (nSPS) is 24.0. The number of guanidine groups is 1. The Morgan fingerprint density at radius 3 is 2.50 bits per heavy atom. The number of hydrogen-bond donors (Lipinski definition) is 9. The smallest absolute Gasteiger partial charge is 0.229 e. The number of nitrogen functional groups attached to an aromatic ring is 1. The van der Waals surface area contributed by atoms with Crippen molar-refractivity contribution in [2.75, 3.05) is 33.1 Å². The number of carbonyl (C=O) groups excluding carboxylic acids is 2. The Labute approximate surface area is 287 Å². The summed E-state index contributed by atoms with van der Waals surface area (Å²) in [5.74, 6) is -1.93. The van der Waals surface area contributed by atoms with Crippen LogP contribution in [0, 0.1) is 6.92 Å². The van der Waals surface area contributed by atoms with Crippen LogP contribution < -0.4 is 26.3 Å². The molecule has 1 saturated heterocycles. The Morgan fingerprint density at radius 1 is 1.14 bits per heavy atom. The van der Waals surface area contributed by atoms with Crippen LogP contribution in [0.2, 0.25) is 0 Å². The lowest BCUT2D eigenvalue weighted by Gasteiger charge is -2.47. The van der Waals surface area contributed by atoms with Crippen molar-refractivity contribution < 1.29 is 54.4 Å². The molecule has 6 unspecified atom stereocenters. The van der Waals surface area contributed by atoms with Gasteiger partial charge in [-0.25, -0.2) is 4.98 Å². The van der Waals surface area contributed by atoms with Crippen molar-refractivity contribution in [1.29, 1.82) is 0 Å². The topological polar surface area (TPSA) is 273 Å². The number of phenols is 1. The van der Waals surface area contributed by atoms with Gasteiger partial charge in [0.1, 0.15) is 47.0 Å². The highest BCUT2D eigenvalue weighted by Crippen LogP contribution is 2.44. The zero-order valence-electron chi connectivity index (χ0n) is 27.7. The fourth-order valence-electron chi connectivity index (χ4n) is 6.53. The molecule has 0 radical (unpaired) electrons. The van der Waals surface area contributed by atoms with Crippen molar-refractivity contribution >= 4 is 23.3 Å². The number of aromatic nitrogens is 1. The quantitative estimate of drug-likeness (QED) is 0.0713. The number of methoxy groups -OCH3 is 1. The van der Waals surface area contributed by atoms with E-state index in [-0.39, 0.29) is 77.0 Å². The number of rotatable bonds is 11. The molecule has 1 aromatic heterocycles. The van der Waals surface area contributed by atoms with Gasteiger partial charge in [0.15, 0.2) is 11.7 Å². The minimum Gasteiger partial charge on any atom is -0.507 e. The summed E-state index contributed by atoms with van der Waals surface area (Å²) in [5, 5.41) is 68.2. The number of carbonyl (C=O) groups is 2. The second-order valence-corrected chi connectivity index (χ2v) is 12.2. The molecule has 2 heterocycles. The number of aliphatic hydroxyl groups is 5. The van der Waals surface area contributed by atoms with E-state index in [0.29, 0.717) is 11.1 Å². The molecule has 1 aliphatic heterocycles. The van der Waals surface area contributed by atoms with E-state index < -0.39 is 60.2 Å². The van der Waals surface area contributed by atoms with Crippen molar-refractivity contribution in [1.82, 2.24) is 10.3 Å². The van der Waals surface area contributed by atoms with Crippen LogP contribution >= 0.6 is 0 Å². The predicted molar refractivity (Wildman–Crippen MR) is 178 cm³/mol. The molecule has 0 spiro atoms. The molecule has 0 saturated carbocycles. The van der Waals surface area contributed by atoms with E-state index in [1.165, 1.54) is 38.6 Å². The lowest BCUT2D eigenvalue weighted by molar-refractivity contribution is -0.314. The number of benzene rings is 2. The molecule has 16 heteroatoms. The number of nitrogens with zero attached hydrogens (tertiary/aromatic N) is 2. The average Bonchev–Trinajstić information content (AvgIpc) is 3.09. The summed E-state index contributed by atoms with van der Waals surface area (Å²) in [6.07, 6.45) is -5.46. The number of pyridine rings is 1.